The molecule has 0 aliphatic carbocycles. The van der Waals surface area contributed by atoms with Crippen LogP contribution in [-0.4, -0.2) is 24.3 Å². The highest BCUT2D eigenvalue weighted by Crippen LogP contribution is 2.31. The van der Waals surface area contributed by atoms with Gasteiger partial charge < -0.3 is 9.47 Å². The largest absolute Gasteiger partial charge is 0.466 e. The van der Waals surface area contributed by atoms with E-state index in [1.807, 2.05) is 13.8 Å². The average molecular weight is 302 g/mol. The van der Waals surface area contributed by atoms with Crippen LogP contribution in [-0.2, 0) is 20.7 Å². The van der Waals surface area contributed by atoms with Crippen molar-refractivity contribution in [2.75, 3.05) is 6.61 Å². The zero-order valence-electron chi connectivity index (χ0n) is 14.0. The summed E-state index contributed by atoms with van der Waals surface area (Å²) < 4.78 is 11.3. The van der Waals surface area contributed by atoms with Crippen LogP contribution < -0.4 is 0 Å². The summed E-state index contributed by atoms with van der Waals surface area (Å²) >= 11 is 0. The molecule has 3 heteroatoms. The molecule has 0 fully saturated rings. The lowest BCUT2D eigenvalue weighted by Gasteiger charge is -2.36. The van der Waals surface area contributed by atoms with Gasteiger partial charge in [-0.25, -0.2) is 0 Å². The number of carbonyl (C=O) groups is 1. The maximum atomic E-state index is 11.8. The Morgan fingerprint density at radius 2 is 2.00 bits per heavy atom. The van der Waals surface area contributed by atoms with Crippen LogP contribution >= 0.6 is 0 Å². The van der Waals surface area contributed by atoms with E-state index in [1.165, 1.54) is 16.7 Å². The van der Waals surface area contributed by atoms with Gasteiger partial charge in [0.05, 0.1) is 24.7 Å². The van der Waals surface area contributed by atoms with Gasteiger partial charge in [0.25, 0.3) is 0 Å². The molecule has 0 bridgehead atoms. The first-order chi connectivity index (χ1) is 10.4. The quantitative estimate of drug-likeness (QED) is 0.609. The lowest BCUT2D eigenvalue weighted by molar-refractivity contribution is -0.151. The first kappa shape index (κ1) is 16.8. The van der Waals surface area contributed by atoms with Crippen LogP contribution in [0.5, 0.6) is 0 Å². The van der Waals surface area contributed by atoms with E-state index in [0.29, 0.717) is 6.61 Å². The van der Waals surface area contributed by atoms with Crippen molar-refractivity contribution >= 4 is 5.97 Å². The molecule has 1 aromatic rings. The molecular formula is C19H26O3. The van der Waals surface area contributed by atoms with Gasteiger partial charge in [-0.15, -0.1) is 0 Å². The second kappa shape index (κ2) is 7.10. The van der Waals surface area contributed by atoms with Crippen LogP contribution in [0.15, 0.2) is 35.9 Å². The van der Waals surface area contributed by atoms with Crippen molar-refractivity contribution in [1.82, 2.24) is 0 Å². The number of benzene rings is 1. The lowest BCUT2D eigenvalue weighted by Crippen LogP contribution is -2.39. The highest BCUT2D eigenvalue weighted by molar-refractivity contribution is 5.71. The zero-order chi connectivity index (χ0) is 16.2. The highest BCUT2D eigenvalue weighted by Gasteiger charge is 2.34. The molecular weight excluding hydrogens is 276 g/mol. The number of esters is 1. The highest BCUT2D eigenvalue weighted by atomic mass is 16.5. The Bertz CT molecular complexity index is 544. The molecule has 0 unspecified atom stereocenters. The van der Waals surface area contributed by atoms with Crippen molar-refractivity contribution in [1.29, 1.82) is 0 Å². The Morgan fingerprint density at radius 1 is 1.32 bits per heavy atom. The Morgan fingerprint density at radius 3 is 2.64 bits per heavy atom. The third kappa shape index (κ3) is 4.70. The molecule has 3 nitrogen and oxygen atoms in total. The van der Waals surface area contributed by atoms with Crippen LogP contribution in [0, 0.1) is 6.92 Å². The van der Waals surface area contributed by atoms with Gasteiger partial charge in [0, 0.05) is 0 Å². The fourth-order valence-corrected chi connectivity index (χ4v) is 3.09. The molecule has 0 saturated carbocycles. The van der Waals surface area contributed by atoms with Crippen molar-refractivity contribution in [3.63, 3.8) is 0 Å². The second-order valence-electron chi connectivity index (χ2n) is 6.42. The molecule has 1 aliphatic heterocycles. The smallest absolute Gasteiger partial charge is 0.309 e. The Labute approximate surface area is 133 Å². The summed E-state index contributed by atoms with van der Waals surface area (Å²) in [5.74, 6) is -0.204. The van der Waals surface area contributed by atoms with Gasteiger partial charge in [0.2, 0.25) is 0 Å². The number of aryl methyl sites for hydroxylation is 1. The first-order valence-electron chi connectivity index (χ1n) is 7.97. The van der Waals surface area contributed by atoms with Crippen LogP contribution in [0.3, 0.4) is 0 Å². The Balaban J connectivity index is 2.04. The molecule has 0 N–H and O–H groups in total. The van der Waals surface area contributed by atoms with E-state index in [9.17, 15) is 4.79 Å². The topological polar surface area (TPSA) is 35.5 Å². The summed E-state index contributed by atoms with van der Waals surface area (Å²) in [6.45, 7) is 8.39. The molecule has 120 valence electrons. The maximum Gasteiger partial charge on any atom is 0.309 e. The van der Waals surface area contributed by atoms with Gasteiger partial charge in [-0.2, -0.15) is 0 Å². The van der Waals surface area contributed by atoms with Gasteiger partial charge in [0.1, 0.15) is 0 Å². The monoisotopic (exact) mass is 302 g/mol. The van der Waals surface area contributed by atoms with Crippen molar-refractivity contribution in [3.8, 4) is 0 Å². The third-order valence-electron chi connectivity index (χ3n) is 3.92. The standard InChI is InChI=1S/C19H26O3/c1-5-21-18(20)13-19(4)12-15(3)10-17(22-19)11-16-8-6-14(2)7-9-16/h6-9,12,17H,5,10-11,13H2,1-4H3/t17-,19+/m1/s1. The average Bonchev–Trinajstić information content (AvgIpc) is 2.40. The Kier molecular flexibility index (Phi) is 5.41. The number of hydrogen-bond acceptors (Lipinski definition) is 3. The van der Waals surface area contributed by atoms with Crippen LogP contribution in [0.1, 0.15) is 44.7 Å². The van der Waals surface area contributed by atoms with Gasteiger partial charge in [-0.1, -0.05) is 41.5 Å². The molecule has 1 aromatic carbocycles. The molecule has 0 radical (unpaired) electrons. The molecule has 1 aliphatic rings. The number of hydrogen-bond donors (Lipinski definition) is 0. The molecule has 1 heterocycles. The van der Waals surface area contributed by atoms with Gasteiger partial charge >= 0.3 is 5.97 Å². The van der Waals surface area contributed by atoms with E-state index in [-0.39, 0.29) is 18.5 Å². The van der Waals surface area contributed by atoms with Gasteiger partial charge in [0.15, 0.2) is 0 Å². The molecule has 2 rings (SSSR count). The summed E-state index contributed by atoms with van der Waals surface area (Å²) in [5, 5.41) is 0. The van der Waals surface area contributed by atoms with E-state index in [0.717, 1.165) is 12.8 Å². The number of carbonyl (C=O) groups excluding carboxylic acids is 1. The number of rotatable bonds is 5. The van der Waals surface area contributed by atoms with E-state index in [4.69, 9.17) is 9.47 Å². The summed E-state index contributed by atoms with van der Waals surface area (Å²) in [7, 11) is 0. The van der Waals surface area contributed by atoms with Gasteiger partial charge in [-0.3, -0.25) is 4.79 Å². The first-order valence-corrected chi connectivity index (χ1v) is 7.97. The van der Waals surface area contributed by atoms with Crippen LogP contribution in [0.2, 0.25) is 0 Å². The SMILES string of the molecule is CCOC(=O)C[C@]1(C)C=C(C)C[C@H](Cc2ccc(C)cc2)O1. The predicted octanol–water partition coefficient (Wildman–Crippen LogP) is 3.98. The molecule has 2 atom stereocenters. The van der Waals surface area contributed by atoms with E-state index >= 15 is 0 Å². The third-order valence-corrected chi connectivity index (χ3v) is 3.92. The van der Waals surface area contributed by atoms with Crippen LogP contribution in [0.25, 0.3) is 0 Å². The second-order valence-corrected chi connectivity index (χ2v) is 6.42. The minimum absolute atomic E-state index is 0.104. The van der Waals surface area contributed by atoms with Crippen molar-refractivity contribution in [2.24, 2.45) is 0 Å². The van der Waals surface area contributed by atoms with E-state index in [1.54, 1.807) is 0 Å². The molecule has 0 spiro atoms. The zero-order valence-corrected chi connectivity index (χ0v) is 14.0. The van der Waals surface area contributed by atoms with Crippen molar-refractivity contribution in [2.45, 2.75) is 58.7 Å². The summed E-state index contributed by atoms with van der Waals surface area (Å²) in [4.78, 5) is 11.8. The lowest BCUT2D eigenvalue weighted by atomic mass is 9.90. The molecule has 0 aromatic heterocycles. The molecule has 0 saturated heterocycles. The normalized spacial score (nSPS) is 24.7. The summed E-state index contributed by atoms with van der Waals surface area (Å²) in [6, 6.07) is 8.54. The maximum absolute atomic E-state index is 11.8. The van der Waals surface area contributed by atoms with E-state index in [2.05, 4.69) is 44.2 Å². The van der Waals surface area contributed by atoms with Crippen molar-refractivity contribution < 1.29 is 14.3 Å². The minimum Gasteiger partial charge on any atom is -0.466 e. The Hall–Kier alpha value is -1.61. The van der Waals surface area contributed by atoms with Crippen LogP contribution in [0.4, 0.5) is 0 Å². The fraction of sp³-hybridized carbons (Fsp3) is 0.526. The summed E-state index contributed by atoms with van der Waals surface area (Å²) in [6.07, 6.45) is 4.21. The molecule has 0 amide bonds. The van der Waals surface area contributed by atoms with Crippen molar-refractivity contribution in [3.05, 3.63) is 47.0 Å². The number of ether oxygens (including phenoxy) is 2. The van der Waals surface area contributed by atoms with E-state index < -0.39 is 5.60 Å². The fourth-order valence-electron chi connectivity index (χ4n) is 3.09. The van der Waals surface area contributed by atoms with Gasteiger partial charge in [-0.05, 0) is 46.1 Å². The predicted molar refractivity (Wildman–Crippen MR) is 87.8 cm³/mol. The minimum atomic E-state index is -0.566. The molecule has 22 heavy (non-hydrogen) atoms. The summed E-state index contributed by atoms with van der Waals surface area (Å²) in [5.41, 5.74) is 3.24.